The minimum atomic E-state index is -2.49. The van der Waals surface area contributed by atoms with E-state index in [2.05, 4.69) is 18.4 Å². The molecule has 2 amide bonds. The van der Waals surface area contributed by atoms with Gasteiger partial charge in [-0.15, -0.1) is 0 Å². The molecule has 1 N–H and O–H groups in total. The number of piperazine rings is 2. The number of amides is 2. The summed E-state index contributed by atoms with van der Waals surface area (Å²) in [6, 6.07) is -0.776. The number of hydrogen-bond acceptors (Lipinski definition) is 5. The van der Waals surface area contributed by atoms with E-state index in [4.69, 9.17) is 0 Å². The second-order valence-corrected chi connectivity index (χ2v) is 8.90. The highest BCUT2D eigenvalue weighted by Gasteiger charge is 2.36. The molecule has 3 atom stereocenters. The van der Waals surface area contributed by atoms with E-state index in [0.717, 1.165) is 0 Å². The predicted molar refractivity (Wildman–Crippen MR) is 120 cm³/mol. The van der Waals surface area contributed by atoms with Gasteiger partial charge in [0, 0.05) is 64.0 Å². The number of aliphatic hydroxyl groups is 1. The van der Waals surface area contributed by atoms with Crippen LogP contribution in [0, 0.1) is 0 Å². The van der Waals surface area contributed by atoms with Crippen molar-refractivity contribution in [2.75, 3.05) is 45.9 Å². The standard InChI is InChI=1S/C23H38F2N4O3/c1-5-21(31)26-11-13-29(19(15-26)9-14-30)18(4)7-6-8-22(32)27-10-12-28(17(2)3)20(16-27)23(24)25/h5-6,8,17-20,23,30H,1,7,9-16H2,2-4H3/b8-6+. The summed E-state index contributed by atoms with van der Waals surface area (Å²) in [5.74, 6) is -0.343. The van der Waals surface area contributed by atoms with Crippen LogP contribution in [0.15, 0.2) is 24.8 Å². The monoisotopic (exact) mass is 456 g/mol. The summed E-state index contributed by atoms with van der Waals surface area (Å²) in [4.78, 5) is 31.8. The highest BCUT2D eigenvalue weighted by molar-refractivity contribution is 5.88. The Hall–Kier alpha value is -1.84. The minimum absolute atomic E-state index is 0.0109. The molecule has 2 aliphatic heterocycles. The second-order valence-electron chi connectivity index (χ2n) is 8.90. The van der Waals surface area contributed by atoms with Crippen molar-refractivity contribution in [2.24, 2.45) is 0 Å². The zero-order valence-electron chi connectivity index (χ0n) is 19.5. The molecule has 0 aromatic heterocycles. The largest absolute Gasteiger partial charge is 0.396 e. The van der Waals surface area contributed by atoms with Crippen molar-refractivity contribution in [3.63, 3.8) is 0 Å². The van der Waals surface area contributed by atoms with Gasteiger partial charge >= 0.3 is 0 Å². The van der Waals surface area contributed by atoms with Crippen LogP contribution in [0.4, 0.5) is 8.78 Å². The predicted octanol–water partition coefficient (Wildman–Crippen LogP) is 1.59. The summed E-state index contributed by atoms with van der Waals surface area (Å²) in [5.41, 5.74) is 0. The molecule has 2 fully saturated rings. The van der Waals surface area contributed by atoms with Crippen molar-refractivity contribution in [2.45, 2.75) is 64.2 Å². The summed E-state index contributed by atoms with van der Waals surface area (Å²) in [7, 11) is 0. The molecule has 182 valence electrons. The molecule has 2 aliphatic rings. The zero-order valence-corrected chi connectivity index (χ0v) is 19.5. The van der Waals surface area contributed by atoms with Gasteiger partial charge in [0.25, 0.3) is 6.43 Å². The molecule has 3 unspecified atom stereocenters. The van der Waals surface area contributed by atoms with Crippen LogP contribution in [0.3, 0.4) is 0 Å². The summed E-state index contributed by atoms with van der Waals surface area (Å²) in [6.07, 6.45) is 3.28. The number of aliphatic hydroxyl groups excluding tert-OH is 1. The third kappa shape index (κ3) is 6.83. The molecule has 0 bridgehead atoms. The molecule has 0 aromatic rings. The first-order valence-electron chi connectivity index (χ1n) is 11.5. The molecule has 0 radical (unpaired) electrons. The van der Waals surface area contributed by atoms with Crippen molar-refractivity contribution in [1.82, 2.24) is 19.6 Å². The van der Waals surface area contributed by atoms with E-state index in [1.165, 1.54) is 17.1 Å². The summed E-state index contributed by atoms with van der Waals surface area (Å²) < 4.78 is 27.0. The Balaban J connectivity index is 1.91. The van der Waals surface area contributed by atoms with E-state index in [9.17, 15) is 23.5 Å². The third-order valence-electron chi connectivity index (χ3n) is 6.51. The topological polar surface area (TPSA) is 67.3 Å². The average molecular weight is 457 g/mol. The summed E-state index contributed by atoms with van der Waals surface area (Å²) in [5, 5.41) is 9.44. The number of halogens is 2. The summed E-state index contributed by atoms with van der Waals surface area (Å²) >= 11 is 0. The number of carbonyl (C=O) groups is 2. The van der Waals surface area contributed by atoms with Gasteiger partial charge in [0.2, 0.25) is 11.8 Å². The molecular weight excluding hydrogens is 418 g/mol. The second kappa shape index (κ2) is 12.4. The lowest BCUT2D eigenvalue weighted by Crippen LogP contribution is -2.59. The Morgan fingerprint density at radius 2 is 1.66 bits per heavy atom. The van der Waals surface area contributed by atoms with Crippen LogP contribution in [0.2, 0.25) is 0 Å². The number of alkyl halides is 2. The van der Waals surface area contributed by atoms with E-state index in [1.54, 1.807) is 15.9 Å². The van der Waals surface area contributed by atoms with Gasteiger partial charge in [0.15, 0.2) is 0 Å². The van der Waals surface area contributed by atoms with Crippen LogP contribution in [-0.4, -0.2) is 113 Å². The van der Waals surface area contributed by atoms with Crippen LogP contribution in [0.1, 0.15) is 33.6 Å². The maximum atomic E-state index is 13.5. The van der Waals surface area contributed by atoms with Gasteiger partial charge in [-0.25, -0.2) is 8.78 Å². The molecule has 9 heteroatoms. The van der Waals surface area contributed by atoms with Gasteiger partial charge in [-0.05, 0) is 45.8 Å². The van der Waals surface area contributed by atoms with Gasteiger partial charge in [-0.3, -0.25) is 19.4 Å². The lowest BCUT2D eigenvalue weighted by Gasteiger charge is -2.44. The lowest BCUT2D eigenvalue weighted by molar-refractivity contribution is -0.132. The normalized spacial score (nSPS) is 24.5. The first-order valence-corrected chi connectivity index (χ1v) is 11.5. The van der Waals surface area contributed by atoms with Gasteiger partial charge in [-0.2, -0.15) is 0 Å². The lowest BCUT2D eigenvalue weighted by atomic mass is 10.0. The van der Waals surface area contributed by atoms with Crippen molar-refractivity contribution in [3.05, 3.63) is 24.8 Å². The molecule has 0 saturated carbocycles. The maximum Gasteiger partial charge on any atom is 0.255 e. The number of carbonyl (C=O) groups excluding carboxylic acids is 2. The number of hydrogen-bond donors (Lipinski definition) is 1. The maximum absolute atomic E-state index is 13.5. The van der Waals surface area contributed by atoms with Crippen molar-refractivity contribution >= 4 is 11.8 Å². The first-order chi connectivity index (χ1) is 15.2. The van der Waals surface area contributed by atoms with Crippen LogP contribution < -0.4 is 0 Å². The summed E-state index contributed by atoms with van der Waals surface area (Å²) in [6.45, 7) is 12.1. The number of nitrogens with zero attached hydrogens (tertiary/aromatic N) is 4. The van der Waals surface area contributed by atoms with Crippen LogP contribution in [0.25, 0.3) is 0 Å². The fourth-order valence-corrected chi connectivity index (χ4v) is 4.68. The van der Waals surface area contributed by atoms with Crippen LogP contribution in [-0.2, 0) is 9.59 Å². The smallest absolute Gasteiger partial charge is 0.255 e. The SMILES string of the molecule is C=CC(=O)N1CCN(C(C)C/C=C/C(=O)N2CCN(C(C)C)C(C(F)F)C2)C(CCO)C1. The minimum Gasteiger partial charge on any atom is -0.396 e. The van der Waals surface area contributed by atoms with Gasteiger partial charge in [0.05, 0.1) is 6.04 Å². The molecule has 0 aromatic carbocycles. The van der Waals surface area contributed by atoms with E-state index < -0.39 is 12.5 Å². The Bertz CT molecular complexity index is 674. The van der Waals surface area contributed by atoms with E-state index in [-0.39, 0.29) is 43.1 Å². The molecule has 2 saturated heterocycles. The quantitative estimate of drug-likeness (QED) is 0.534. The van der Waals surface area contributed by atoms with Gasteiger partial charge < -0.3 is 14.9 Å². The molecule has 32 heavy (non-hydrogen) atoms. The molecule has 7 nitrogen and oxygen atoms in total. The Labute approximate surface area is 190 Å². The van der Waals surface area contributed by atoms with Crippen molar-refractivity contribution in [1.29, 1.82) is 0 Å². The Morgan fingerprint density at radius 1 is 1.03 bits per heavy atom. The molecule has 2 rings (SSSR count). The molecule has 0 aliphatic carbocycles. The van der Waals surface area contributed by atoms with Crippen molar-refractivity contribution in [3.8, 4) is 0 Å². The fourth-order valence-electron chi connectivity index (χ4n) is 4.68. The Morgan fingerprint density at radius 3 is 2.22 bits per heavy atom. The van der Waals surface area contributed by atoms with E-state index in [1.807, 2.05) is 13.8 Å². The third-order valence-corrected chi connectivity index (χ3v) is 6.51. The van der Waals surface area contributed by atoms with Gasteiger partial charge in [-0.1, -0.05) is 12.7 Å². The molecule has 2 heterocycles. The molecule has 0 spiro atoms. The van der Waals surface area contributed by atoms with Crippen LogP contribution in [0.5, 0.6) is 0 Å². The highest BCUT2D eigenvalue weighted by Crippen LogP contribution is 2.21. The van der Waals surface area contributed by atoms with E-state index in [0.29, 0.717) is 45.6 Å². The first kappa shape index (κ1) is 26.4. The van der Waals surface area contributed by atoms with Gasteiger partial charge in [0.1, 0.15) is 0 Å². The average Bonchev–Trinajstić information content (AvgIpc) is 2.77. The number of rotatable bonds is 9. The highest BCUT2D eigenvalue weighted by atomic mass is 19.3. The van der Waals surface area contributed by atoms with Crippen LogP contribution >= 0.6 is 0 Å². The van der Waals surface area contributed by atoms with Crippen molar-refractivity contribution < 1.29 is 23.5 Å². The fraction of sp³-hybridized carbons (Fsp3) is 0.739. The molecular formula is C23H38F2N4O3. The zero-order chi connectivity index (χ0) is 23.8. The Kier molecular flexibility index (Phi) is 10.2. The van der Waals surface area contributed by atoms with E-state index >= 15 is 0 Å².